The van der Waals surface area contributed by atoms with Gasteiger partial charge in [0.15, 0.2) is 0 Å². The number of aliphatic hydroxyl groups is 1. The van der Waals surface area contributed by atoms with Crippen LogP contribution >= 0.6 is 0 Å². The number of amides is 1. The van der Waals surface area contributed by atoms with Gasteiger partial charge < -0.3 is 20.1 Å². The summed E-state index contributed by atoms with van der Waals surface area (Å²) in [6.07, 6.45) is 1.23. The Morgan fingerprint density at radius 3 is 2.91 bits per heavy atom. The van der Waals surface area contributed by atoms with Crippen molar-refractivity contribution in [1.82, 2.24) is 4.90 Å². The molecule has 2 atom stereocenters. The van der Waals surface area contributed by atoms with E-state index in [2.05, 4.69) is 19.2 Å². The highest BCUT2D eigenvalue weighted by molar-refractivity contribution is 5.95. The molecule has 2 rings (SSSR count). The Kier molecular flexibility index (Phi) is 6.42. The van der Waals surface area contributed by atoms with Crippen molar-refractivity contribution in [2.24, 2.45) is 5.92 Å². The Hall–Kier alpha value is -1.59. The van der Waals surface area contributed by atoms with E-state index in [9.17, 15) is 9.90 Å². The standard InChI is InChI=1S/C18H28N2O3/c1-13(2)17(12-23-3)19-15-7-4-6-14(10-15)18(22)20-9-5-8-16(21)11-20/h4,6-7,10,13,16-17,19,21H,5,8-9,11-12H2,1-3H3. The maximum Gasteiger partial charge on any atom is 0.254 e. The predicted octanol–water partition coefficient (Wildman–Crippen LogP) is 2.37. The second-order valence-corrected chi connectivity index (χ2v) is 6.58. The van der Waals surface area contributed by atoms with Gasteiger partial charge in [-0.15, -0.1) is 0 Å². The Bertz CT molecular complexity index is 519. The van der Waals surface area contributed by atoms with Crippen molar-refractivity contribution in [3.05, 3.63) is 29.8 Å². The topological polar surface area (TPSA) is 61.8 Å². The number of β-amino-alcohol motifs (C(OH)–C–C–N with tert-alkyl or cyclic N) is 1. The maximum absolute atomic E-state index is 12.6. The van der Waals surface area contributed by atoms with Crippen LogP contribution in [0.2, 0.25) is 0 Å². The van der Waals surface area contributed by atoms with Crippen LogP contribution in [0.25, 0.3) is 0 Å². The van der Waals surface area contributed by atoms with E-state index in [-0.39, 0.29) is 11.9 Å². The molecule has 5 heteroatoms. The number of likely N-dealkylation sites (tertiary alicyclic amines) is 1. The summed E-state index contributed by atoms with van der Waals surface area (Å²) in [4.78, 5) is 14.3. The lowest BCUT2D eigenvalue weighted by atomic mass is 10.0. The summed E-state index contributed by atoms with van der Waals surface area (Å²) in [6.45, 7) is 6.04. The van der Waals surface area contributed by atoms with Crippen LogP contribution in [-0.2, 0) is 4.74 Å². The quantitative estimate of drug-likeness (QED) is 0.845. The molecule has 128 valence electrons. The number of carbonyl (C=O) groups excluding carboxylic acids is 1. The molecule has 0 aliphatic carbocycles. The Labute approximate surface area is 138 Å². The number of nitrogens with one attached hydrogen (secondary N) is 1. The van der Waals surface area contributed by atoms with Gasteiger partial charge in [-0.05, 0) is 37.0 Å². The molecule has 1 saturated heterocycles. The Morgan fingerprint density at radius 1 is 1.48 bits per heavy atom. The van der Waals surface area contributed by atoms with Gasteiger partial charge in [0, 0.05) is 31.5 Å². The van der Waals surface area contributed by atoms with Gasteiger partial charge in [-0.1, -0.05) is 19.9 Å². The third-order valence-corrected chi connectivity index (χ3v) is 4.30. The number of ether oxygens (including phenoxy) is 1. The minimum atomic E-state index is -0.402. The van der Waals surface area contributed by atoms with Crippen molar-refractivity contribution in [1.29, 1.82) is 0 Å². The average molecular weight is 320 g/mol. The highest BCUT2D eigenvalue weighted by atomic mass is 16.5. The summed E-state index contributed by atoms with van der Waals surface area (Å²) in [5, 5.41) is 13.2. The van der Waals surface area contributed by atoms with E-state index in [4.69, 9.17) is 4.74 Å². The summed E-state index contributed by atoms with van der Waals surface area (Å²) in [5.74, 6) is 0.409. The second-order valence-electron chi connectivity index (χ2n) is 6.58. The first kappa shape index (κ1) is 17.8. The number of aliphatic hydroxyl groups excluding tert-OH is 1. The lowest BCUT2D eigenvalue weighted by molar-refractivity contribution is 0.0474. The van der Waals surface area contributed by atoms with Gasteiger partial charge in [-0.25, -0.2) is 0 Å². The fraction of sp³-hybridized carbons (Fsp3) is 0.611. The molecule has 1 aromatic rings. The van der Waals surface area contributed by atoms with Gasteiger partial charge in [0.2, 0.25) is 0 Å². The van der Waals surface area contributed by atoms with Gasteiger partial charge in [-0.2, -0.15) is 0 Å². The molecule has 5 nitrogen and oxygen atoms in total. The minimum Gasteiger partial charge on any atom is -0.391 e. The monoisotopic (exact) mass is 320 g/mol. The normalized spacial score (nSPS) is 19.7. The van der Waals surface area contributed by atoms with E-state index in [1.165, 1.54) is 0 Å². The van der Waals surface area contributed by atoms with Crippen LogP contribution in [0.15, 0.2) is 24.3 Å². The Balaban J connectivity index is 2.08. The number of nitrogens with zero attached hydrogens (tertiary/aromatic N) is 1. The number of carbonyl (C=O) groups is 1. The van der Waals surface area contributed by atoms with E-state index >= 15 is 0 Å². The number of benzene rings is 1. The van der Waals surface area contributed by atoms with Crippen LogP contribution in [0.3, 0.4) is 0 Å². The molecule has 0 bridgehead atoms. The third-order valence-electron chi connectivity index (χ3n) is 4.30. The molecule has 1 amide bonds. The maximum atomic E-state index is 12.6. The molecule has 0 radical (unpaired) electrons. The molecule has 1 aliphatic rings. The average Bonchev–Trinajstić information content (AvgIpc) is 2.54. The summed E-state index contributed by atoms with van der Waals surface area (Å²) in [7, 11) is 1.69. The van der Waals surface area contributed by atoms with Gasteiger partial charge in [0.25, 0.3) is 5.91 Å². The van der Waals surface area contributed by atoms with Crippen LogP contribution in [0.5, 0.6) is 0 Å². The largest absolute Gasteiger partial charge is 0.391 e. The van der Waals surface area contributed by atoms with Crippen molar-refractivity contribution in [3.63, 3.8) is 0 Å². The van der Waals surface area contributed by atoms with E-state index in [1.54, 1.807) is 12.0 Å². The van der Waals surface area contributed by atoms with Crippen LogP contribution in [0, 0.1) is 5.92 Å². The molecular formula is C18H28N2O3. The van der Waals surface area contributed by atoms with E-state index in [0.717, 1.165) is 18.5 Å². The van der Waals surface area contributed by atoms with Gasteiger partial charge >= 0.3 is 0 Å². The van der Waals surface area contributed by atoms with Crippen molar-refractivity contribution in [2.75, 3.05) is 32.1 Å². The number of hydrogen-bond donors (Lipinski definition) is 2. The molecule has 1 aromatic carbocycles. The first-order valence-corrected chi connectivity index (χ1v) is 8.34. The van der Waals surface area contributed by atoms with E-state index < -0.39 is 6.10 Å². The summed E-state index contributed by atoms with van der Waals surface area (Å²) >= 11 is 0. The molecule has 2 N–H and O–H groups in total. The molecule has 2 unspecified atom stereocenters. The zero-order chi connectivity index (χ0) is 16.8. The second kappa shape index (κ2) is 8.31. The van der Waals surface area contributed by atoms with Gasteiger partial charge in [0.05, 0.1) is 18.8 Å². The summed E-state index contributed by atoms with van der Waals surface area (Å²) in [6, 6.07) is 7.76. The fourth-order valence-electron chi connectivity index (χ4n) is 2.86. The molecule has 1 fully saturated rings. The van der Waals surface area contributed by atoms with Crippen molar-refractivity contribution < 1.29 is 14.6 Å². The zero-order valence-corrected chi connectivity index (χ0v) is 14.3. The third kappa shape index (κ3) is 4.94. The predicted molar refractivity (Wildman–Crippen MR) is 91.7 cm³/mol. The molecule has 0 spiro atoms. The van der Waals surface area contributed by atoms with E-state index in [1.807, 2.05) is 24.3 Å². The van der Waals surface area contributed by atoms with Crippen molar-refractivity contribution in [3.8, 4) is 0 Å². The summed E-state index contributed by atoms with van der Waals surface area (Å²) in [5.41, 5.74) is 1.58. The van der Waals surface area contributed by atoms with Gasteiger partial charge in [0.1, 0.15) is 0 Å². The highest BCUT2D eigenvalue weighted by Gasteiger charge is 2.23. The molecule has 1 heterocycles. The lowest BCUT2D eigenvalue weighted by Gasteiger charge is -2.30. The SMILES string of the molecule is COCC(Nc1cccc(C(=O)N2CCCC(O)C2)c1)C(C)C. The molecular weight excluding hydrogens is 292 g/mol. The number of methoxy groups -OCH3 is 1. The molecule has 0 aromatic heterocycles. The number of hydrogen-bond acceptors (Lipinski definition) is 4. The summed E-state index contributed by atoms with van der Waals surface area (Å²) < 4.78 is 5.26. The smallest absolute Gasteiger partial charge is 0.254 e. The molecule has 0 saturated carbocycles. The number of rotatable bonds is 6. The fourth-order valence-corrected chi connectivity index (χ4v) is 2.86. The number of anilines is 1. The van der Waals surface area contributed by atoms with Crippen molar-refractivity contribution in [2.45, 2.75) is 38.8 Å². The first-order chi connectivity index (χ1) is 11.0. The molecule has 1 aliphatic heterocycles. The molecule has 23 heavy (non-hydrogen) atoms. The minimum absolute atomic E-state index is 0.0137. The highest BCUT2D eigenvalue weighted by Crippen LogP contribution is 2.18. The lowest BCUT2D eigenvalue weighted by Crippen LogP contribution is -2.42. The van der Waals surface area contributed by atoms with Crippen LogP contribution in [0.1, 0.15) is 37.0 Å². The number of piperidine rings is 1. The van der Waals surface area contributed by atoms with E-state index in [0.29, 0.717) is 31.2 Å². The van der Waals surface area contributed by atoms with Crippen LogP contribution in [-0.4, -0.2) is 54.9 Å². The Morgan fingerprint density at radius 2 is 2.26 bits per heavy atom. The van der Waals surface area contributed by atoms with Gasteiger partial charge in [-0.3, -0.25) is 4.79 Å². The zero-order valence-electron chi connectivity index (χ0n) is 14.3. The van der Waals surface area contributed by atoms with Crippen molar-refractivity contribution >= 4 is 11.6 Å². The first-order valence-electron chi connectivity index (χ1n) is 8.34. The van der Waals surface area contributed by atoms with Crippen LogP contribution < -0.4 is 5.32 Å². The van der Waals surface area contributed by atoms with Crippen LogP contribution in [0.4, 0.5) is 5.69 Å².